The standard InChI is InChI=1S/C38H30/c1-25-12-3-5-15-29(25)36-24-28(23-22-26(36)2)37-32-17-7-9-19-34(32)38(35-20-10-8-18-33(35)37)31-21-11-14-27-13-4-6-16-30(27)31/h4-11,13-24H,3,12H2,1-2H3. The first kappa shape index (κ1) is 22.8. The molecule has 6 aromatic carbocycles. The van der Waals surface area contributed by atoms with Gasteiger partial charge in [-0.3, -0.25) is 0 Å². The second kappa shape index (κ2) is 9.15. The fraction of sp³-hybridized carbons (Fsp3) is 0.105. The van der Waals surface area contributed by atoms with Crippen LogP contribution in [0, 0.1) is 6.92 Å². The first-order valence-electron chi connectivity index (χ1n) is 13.6. The number of hydrogen-bond acceptors (Lipinski definition) is 0. The predicted octanol–water partition coefficient (Wildman–Crippen LogP) is 10.9. The Kier molecular flexibility index (Phi) is 5.48. The Balaban J connectivity index is 1.58. The van der Waals surface area contributed by atoms with Crippen molar-refractivity contribution in [1.29, 1.82) is 0 Å². The number of allylic oxidation sites excluding steroid dienone is 4. The summed E-state index contributed by atoms with van der Waals surface area (Å²) in [6, 6.07) is 40.4. The molecule has 0 heterocycles. The van der Waals surface area contributed by atoms with Gasteiger partial charge in [0.2, 0.25) is 0 Å². The lowest BCUT2D eigenvalue weighted by Crippen LogP contribution is -1.96. The molecule has 0 heteroatoms. The van der Waals surface area contributed by atoms with Crippen molar-refractivity contribution in [3.05, 3.63) is 138 Å². The lowest BCUT2D eigenvalue weighted by molar-refractivity contribution is 0.967. The van der Waals surface area contributed by atoms with Crippen molar-refractivity contribution in [1.82, 2.24) is 0 Å². The molecule has 1 aliphatic rings. The molecule has 0 saturated carbocycles. The summed E-state index contributed by atoms with van der Waals surface area (Å²) in [7, 11) is 0. The van der Waals surface area contributed by atoms with Crippen LogP contribution < -0.4 is 0 Å². The van der Waals surface area contributed by atoms with Gasteiger partial charge >= 0.3 is 0 Å². The molecule has 0 radical (unpaired) electrons. The molecule has 0 nitrogen and oxygen atoms in total. The van der Waals surface area contributed by atoms with Crippen molar-refractivity contribution < 1.29 is 0 Å². The van der Waals surface area contributed by atoms with Crippen LogP contribution in [-0.2, 0) is 0 Å². The van der Waals surface area contributed by atoms with Crippen molar-refractivity contribution in [2.75, 3.05) is 0 Å². The second-order valence-electron chi connectivity index (χ2n) is 10.5. The lowest BCUT2D eigenvalue weighted by atomic mass is 9.83. The van der Waals surface area contributed by atoms with Crippen molar-refractivity contribution in [2.45, 2.75) is 26.7 Å². The summed E-state index contributed by atoms with van der Waals surface area (Å²) in [6.45, 7) is 4.52. The Morgan fingerprint density at radius 3 is 1.82 bits per heavy atom. The van der Waals surface area contributed by atoms with Crippen LogP contribution in [0.3, 0.4) is 0 Å². The molecule has 7 rings (SSSR count). The highest BCUT2D eigenvalue weighted by atomic mass is 14.2. The maximum Gasteiger partial charge on any atom is -0.00201 e. The summed E-state index contributed by atoms with van der Waals surface area (Å²) in [4.78, 5) is 0. The van der Waals surface area contributed by atoms with Gasteiger partial charge in [-0.1, -0.05) is 121 Å². The summed E-state index contributed by atoms with van der Waals surface area (Å²) < 4.78 is 0. The van der Waals surface area contributed by atoms with Gasteiger partial charge in [0.05, 0.1) is 0 Å². The molecule has 0 bridgehead atoms. The largest absolute Gasteiger partial charge is 0.0836 e. The average Bonchev–Trinajstić information content (AvgIpc) is 2.96. The number of rotatable bonds is 3. The third kappa shape index (κ3) is 3.60. The Morgan fingerprint density at radius 1 is 0.526 bits per heavy atom. The van der Waals surface area contributed by atoms with E-state index in [1.807, 2.05) is 0 Å². The van der Waals surface area contributed by atoms with Gasteiger partial charge < -0.3 is 0 Å². The molecule has 1 aliphatic carbocycles. The van der Waals surface area contributed by atoms with Crippen molar-refractivity contribution >= 4 is 37.9 Å². The molecule has 0 atom stereocenters. The van der Waals surface area contributed by atoms with Crippen LogP contribution in [0.5, 0.6) is 0 Å². The van der Waals surface area contributed by atoms with Gasteiger partial charge in [0, 0.05) is 0 Å². The summed E-state index contributed by atoms with van der Waals surface area (Å²) in [5, 5.41) is 7.76. The number of fused-ring (bicyclic) bond motifs is 3. The van der Waals surface area contributed by atoms with Gasteiger partial charge in [0.25, 0.3) is 0 Å². The fourth-order valence-electron chi connectivity index (χ4n) is 6.34. The van der Waals surface area contributed by atoms with E-state index in [9.17, 15) is 0 Å². The summed E-state index contributed by atoms with van der Waals surface area (Å²) in [6.07, 6.45) is 6.92. The highest BCUT2D eigenvalue weighted by Gasteiger charge is 2.19. The zero-order chi connectivity index (χ0) is 25.6. The molecule has 38 heavy (non-hydrogen) atoms. The normalized spacial score (nSPS) is 13.6. The van der Waals surface area contributed by atoms with Crippen LogP contribution >= 0.6 is 0 Å². The Labute approximate surface area is 224 Å². The average molecular weight is 487 g/mol. The molecule has 0 aromatic heterocycles. The zero-order valence-electron chi connectivity index (χ0n) is 22.0. The SMILES string of the molecule is CC1=C(c2cc(-c3c4ccccc4c(-c4cccc5ccccc45)c4ccccc34)ccc2C)C=CCC1. The maximum atomic E-state index is 2.43. The molecular weight excluding hydrogens is 456 g/mol. The van der Waals surface area contributed by atoms with E-state index >= 15 is 0 Å². The minimum absolute atomic E-state index is 1.14. The van der Waals surface area contributed by atoms with Crippen molar-refractivity contribution in [3.63, 3.8) is 0 Å². The van der Waals surface area contributed by atoms with E-state index < -0.39 is 0 Å². The first-order valence-corrected chi connectivity index (χ1v) is 13.6. The molecule has 0 saturated heterocycles. The first-order chi connectivity index (χ1) is 18.7. The minimum Gasteiger partial charge on any atom is -0.0836 e. The number of benzene rings is 6. The number of hydrogen-bond donors (Lipinski definition) is 0. The van der Waals surface area contributed by atoms with E-state index in [4.69, 9.17) is 0 Å². The van der Waals surface area contributed by atoms with Crippen LogP contribution in [0.4, 0.5) is 0 Å². The molecular formula is C38H30. The molecule has 0 spiro atoms. The van der Waals surface area contributed by atoms with E-state index in [-0.39, 0.29) is 0 Å². The van der Waals surface area contributed by atoms with E-state index in [0.29, 0.717) is 0 Å². The van der Waals surface area contributed by atoms with Crippen LogP contribution in [0.25, 0.3) is 60.1 Å². The lowest BCUT2D eigenvalue weighted by Gasteiger charge is -2.20. The molecule has 182 valence electrons. The molecule has 0 aliphatic heterocycles. The third-order valence-electron chi connectivity index (χ3n) is 8.24. The highest BCUT2D eigenvalue weighted by Crippen LogP contribution is 2.45. The van der Waals surface area contributed by atoms with Crippen molar-refractivity contribution in [3.8, 4) is 22.3 Å². The van der Waals surface area contributed by atoms with Gasteiger partial charge in [-0.2, -0.15) is 0 Å². The zero-order valence-corrected chi connectivity index (χ0v) is 22.0. The smallest absolute Gasteiger partial charge is 0.00201 e. The maximum absolute atomic E-state index is 2.43. The topological polar surface area (TPSA) is 0 Å². The highest BCUT2D eigenvalue weighted by molar-refractivity contribution is 6.23. The predicted molar refractivity (Wildman–Crippen MR) is 166 cm³/mol. The van der Waals surface area contributed by atoms with Crippen LogP contribution in [0.2, 0.25) is 0 Å². The van der Waals surface area contributed by atoms with Gasteiger partial charge in [0.1, 0.15) is 0 Å². The molecule has 0 amide bonds. The van der Waals surface area contributed by atoms with Crippen molar-refractivity contribution in [2.24, 2.45) is 0 Å². The van der Waals surface area contributed by atoms with E-state index in [1.165, 1.54) is 76.8 Å². The van der Waals surface area contributed by atoms with Gasteiger partial charge in [-0.05, 0) is 104 Å². The van der Waals surface area contributed by atoms with Gasteiger partial charge in [-0.15, -0.1) is 0 Å². The van der Waals surface area contributed by atoms with Gasteiger partial charge in [0.15, 0.2) is 0 Å². The Hall–Kier alpha value is -4.42. The third-order valence-corrected chi connectivity index (χ3v) is 8.24. The molecule has 0 N–H and O–H groups in total. The van der Waals surface area contributed by atoms with E-state index in [2.05, 4.69) is 135 Å². The Bertz CT molecular complexity index is 1870. The van der Waals surface area contributed by atoms with E-state index in [1.54, 1.807) is 0 Å². The number of aryl methyl sites for hydroxylation is 1. The van der Waals surface area contributed by atoms with Crippen LogP contribution in [0.15, 0.2) is 127 Å². The van der Waals surface area contributed by atoms with Crippen LogP contribution in [-0.4, -0.2) is 0 Å². The van der Waals surface area contributed by atoms with E-state index in [0.717, 1.165) is 12.8 Å². The molecule has 0 unspecified atom stereocenters. The van der Waals surface area contributed by atoms with Crippen LogP contribution in [0.1, 0.15) is 30.9 Å². The molecule has 6 aromatic rings. The summed E-state index contributed by atoms with van der Waals surface area (Å²) >= 11 is 0. The summed E-state index contributed by atoms with van der Waals surface area (Å²) in [5.74, 6) is 0. The Morgan fingerprint density at radius 2 is 1.13 bits per heavy atom. The fourth-order valence-corrected chi connectivity index (χ4v) is 6.34. The molecule has 0 fully saturated rings. The monoisotopic (exact) mass is 486 g/mol. The second-order valence-corrected chi connectivity index (χ2v) is 10.5. The van der Waals surface area contributed by atoms with Gasteiger partial charge in [-0.25, -0.2) is 0 Å². The minimum atomic E-state index is 1.14. The quantitative estimate of drug-likeness (QED) is 0.218. The summed E-state index contributed by atoms with van der Waals surface area (Å²) in [5.41, 5.74) is 10.8.